The highest BCUT2D eigenvalue weighted by Gasteiger charge is 2.32. The Morgan fingerprint density at radius 1 is 1.25 bits per heavy atom. The molecule has 5 nitrogen and oxygen atoms in total. The highest BCUT2D eigenvalue weighted by molar-refractivity contribution is 5.75. The molecule has 0 aliphatic heterocycles. The number of fused-ring (bicyclic) bond motifs is 1. The number of urea groups is 1. The molecule has 24 heavy (non-hydrogen) atoms. The van der Waals surface area contributed by atoms with Crippen LogP contribution in [-0.4, -0.2) is 42.1 Å². The molecule has 2 N–H and O–H groups in total. The van der Waals surface area contributed by atoms with Crippen molar-refractivity contribution >= 4 is 12.0 Å². The predicted molar refractivity (Wildman–Crippen MR) is 94.2 cm³/mol. The van der Waals surface area contributed by atoms with Crippen LogP contribution in [0.5, 0.6) is 0 Å². The first-order chi connectivity index (χ1) is 11.3. The minimum Gasteiger partial charge on any atom is -0.481 e. The number of benzene rings is 1. The van der Waals surface area contributed by atoms with E-state index in [1.807, 2.05) is 0 Å². The first kappa shape index (κ1) is 18.3. The van der Waals surface area contributed by atoms with Crippen LogP contribution in [0.2, 0.25) is 0 Å². The molecule has 1 aromatic carbocycles. The molecule has 0 bridgehead atoms. The van der Waals surface area contributed by atoms with E-state index in [4.69, 9.17) is 5.11 Å². The lowest BCUT2D eigenvalue weighted by Crippen LogP contribution is -2.42. The van der Waals surface area contributed by atoms with Crippen molar-refractivity contribution < 1.29 is 14.7 Å². The molecule has 0 saturated carbocycles. The van der Waals surface area contributed by atoms with E-state index in [1.54, 1.807) is 14.0 Å². The van der Waals surface area contributed by atoms with Gasteiger partial charge in [-0.25, -0.2) is 4.79 Å². The molecule has 1 aliphatic rings. The molecule has 2 rings (SSSR count). The lowest BCUT2D eigenvalue weighted by atomic mass is 9.90. The third-order valence-corrected chi connectivity index (χ3v) is 4.99. The zero-order valence-corrected chi connectivity index (χ0v) is 15.0. The maximum absolute atomic E-state index is 12.2. The lowest BCUT2D eigenvalue weighted by molar-refractivity contribution is -0.141. The standard InChI is InChI=1S/C19H28N2O3/c1-12(2)17-9-14(15-7-5-6-8-16(15)17)10-20-19(24)21(4)11-13(3)18(22)23/h5-8,12-14,17H,9-11H2,1-4H3,(H,20,24)(H,22,23)/t13?,14-,17-/m0/s1. The SMILES string of the molecule is CC(CN(C)C(=O)NC[C@@H]1C[C@@H](C(C)C)c2ccccc21)C(=O)O. The second-order valence-electron chi connectivity index (χ2n) is 7.22. The maximum atomic E-state index is 12.2. The van der Waals surface area contributed by atoms with Gasteiger partial charge in [0.1, 0.15) is 0 Å². The van der Waals surface area contributed by atoms with Crippen molar-refractivity contribution in [2.45, 2.75) is 39.0 Å². The largest absolute Gasteiger partial charge is 0.481 e. The smallest absolute Gasteiger partial charge is 0.317 e. The number of carbonyl (C=O) groups excluding carboxylic acids is 1. The minimum atomic E-state index is -0.890. The second-order valence-corrected chi connectivity index (χ2v) is 7.22. The number of nitrogens with one attached hydrogen (secondary N) is 1. The van der Waals surface area contributed by atoms with Crippen LogP contribution in [0, 0.1) is 11.8 Å². The number of amides is 2. The predicted octanol–water partition coefficient (Wildman–Crippen LogP) is 3.28. The lowest BCUT2D eigenvalue weighted by Gasteiger charge is -2.22. The van der Waals surface area contributed by atoms with Crippen LogP contribution < -0.4 is 5.32 Å². The summed E-state index contributed by atoms with van der Waals surface area (Å²) in [6.07, 6.45) is 1.05. The summed E-state index contributed by atoms with van der Waals surface area (Å²) in [7, 11) is 1.63. The number of nitrogens with zero attached hydrogens (tertiary/aromatic N) is 1. The van der Waals surface area contributed by atoms with Gasteiger partial charge in [-0.05, 0) is 29.4 Å². The summed E-state index contributed by atoms with van der Waals surface area (Å²) >= 11 is 0. The molecule has 5 heteroatoms. The number of carbonyl (C=O) groups is 2. The van der Waals surface area contributed by atoms with Crippen molar-refractivity contribution in [1.82, 2.24) is 10.2 Å². The highest BCUT2D eigenvalue weighted by Crippen LogP contribution is 2.44. The van der Waals surface area contributed by atoms with E-state index in [2.05, 4.69) is 43.4 Å². The Labute approximate surface area is 144 Å². The molecule has 132 valence electrons. The van der Waals surface area contributed by atoms with Gasteiger partial charge in [0, 0.05) is 26.1 Å². The van der Waals surface area contributed by atoms with Crippen LogP contribution in [0.1, 0.15) is 50.2 Å². The summed E-state index contributed by atoms with van der Waals surface area (Å²) in [4.78, 5) is 24.6. The normalized spacial score (nSPS) is 20.5. The zero-order valence-electron chi connectivity index (χ0n) is 15.0. The first-order valence-corrected chi connectivity index (χ1v) is 8.61. The molecule has 1 aliphatic carbocycles. The van der Waals surface area contributed by atoms with Gasteiger partial charge in [0.15, 0.2) is 0 Å². The number of carboxylic acid groups (broad SMARTS) is 1. The van der Waals surface area contributed by atoms with E-state index in [9.17, 15) is 9.59 Å². The molecular weight excluding hydrogens is 304 g/mol. The fraction of sp³-hybridized carbons (Fsp3) is 0.579. The average Bonchev–Trinajstić information content (AvgIpc) is 2.91. The molecule has 1 aromatic rings. The first-order valence-electron chi connectivity index (χ1n) is 8.61. The quantitative estimate of drug-likeness (QED) is 0.840. The molecule has 0 saturated heterocycles. The van der Waals surface area contributed by atoms with Gasteiger partial charge < -0.3 is 15.3 Å². The molecule has 0 aromatic heterocycles. The van der Waals surface area contributed by atoms with Crippen LogP contribution in [0.25, 0.3) is 0 Å². The zero-order chi connectivity index (χ0) is 17.9. The molecule has 0 spiro atoms. The second kappa shape index (κ2) is 7.69. The van der Waals surface area contributed by atoms with Gasteiger partial charge in [-0.2, -0.15) is 0 Å². The third-order valence-electron chi connectivity index (χ3n) is 4.99. The fourth-order valence-corrected chi connectivity index (χ4v) is 3.52. The molecule has 1 unspecified atom stereocenters. The molecule has 0 fully saturated rings. The van der Waals surface area contributed by atoms with Crippen molar-refractivity contribution in [1.29, 1.82) is 0 Å². The Morgan fingerprint density at radius 2 is 1.88 bits per heavy atom. The van der Waals surface area contributed by atoms with E-state index in [0.717, 1.165) is 6.42 Å². The van der Waals surface area contributed by atoms with E-state index in [-0.39, 0.29) is 12.6 Å². The van der Waals surface area contributed by atoms with Crippen LogP contribution in [0.15, 0.2) is 24.3 Å². The summed E-state index contributed by atoms with van der Waals surface area (Å²) in [5.41, 5.74) is 2.73. The van der Waals surface area contributed by atoms with Crippen LogP contribution in [-0.2, 0) is 4.79 Å². The van der Waals surface area contributed by atoms with Crippen molar-refractivity contribution in [2.75, 3.05) is 20.1 Å². The van der Waals surface area contributed by atoms with Crippen LogP contribution in [0.3, 0.4) is 0 Å². The maximum Gasteiger partial charge on any atom is 0.317 e. The van der Waals surface area contributed by atoms with E-state index in [1.165, 1.54) is 16.0 Å². The monoisotopic (exact) mass is 332 g/mol. The van der Waals surface area contributed by atoms with Crippen molar-refractivity contribution in [3.63, 3.8) is 0 Å². The number of carboxylic acids is 1. The van der Waals surface area contributed by atoms with Gasteiger partial charge in [-0.3, -0.25) is 4.79 Å². The topological polar surface area (TPSA) is 69.6 Å². The van der Waals surface area contributed by atoms with Crippen LogP contribution in [0.4, 0.5) is 4.79 Å². The van der Waals surface area contributed by atoms with Gasteiger partial charge in [-0.15, -0.1) is 0 Å². The Balaban J connectivity index is 1.95. The number of hydrogen-bond donors (Lipinski definition) is 2. The number of hydrogen-bond acceptors (Lipinski definition) is 2. The van der Waals surface area contributed by atoms with Crippen molar-refractivity contribution in [3.05, 3.63) is 35.4 Å². The summed E-state index contributed by atoms with van der Waals surface area (Å²) in [6.45, 7) is 6.88. The van der Waals surface area contributed by atoms with Gasteiger partial charge in [-0.1, -0.05) is 45.0 Å². The Hall–Kier alpha value is -2.04. The third kappa shape index (κ3) is 4.08. The molecular formula is C19H28N2O3. The summed E-state index contributed by atoms with van der Waals surface area (Å²) in [5, 5.41) is 11.9. The Morgan fingerprint density at radius 3 is 2.46 bits per heavy atom. The van der Waals surface area contributed by atoms with E-state index in [0.29, 0.717) is 24.3 Å². The number of aliphatic carboxylic acids is 1. The highest BCUT2D eigenvalue weighted by atomic mass is 16.4. The van der Waals surface area contributed by atoms with Gasteiger partial charge in [0.2, 0.25) is 0 Å². The minimum absolute atomic E-state index is 0.205. The van der Waals surface area contributed by atoms with Gasteiger partial charge in [0.05, 0.1) is 5.92 Å². The van der Waals surface area contributed by atoms with Gasteiger partial charge in [0.25, 0.3) is 0 Å². The van der Waals surface area contributed by atoms with Crippen molar-refractivity contribution in [2.24, 2.45) is 11.8 Å². The Bertz CT molecular complexity index is 600. The summed E-state index contributed by atoms with van der Waals surface area (Å²) in [5.74, 6) is -0.0286. The van der Waals surface area contributed by atoms with E-state index < -0.39 is 11.9 Å². The molecule has 0 heterocycles. The van der Waals surface area contributed by atoms with Gasteiger partial charge >= 0.3 is 12.0 Å². The van der Waals surface area contributed by atoms with Crippen molar-refractivity contribution in [3.8, 4) is 0 Å². The molecule has 0 radical (unpaired) electrons. The van der Waals surface area contributed by atoms with E-state index >= 15 is 0 Å². The number of rotatable bonds is 6. The van der Waals surface area contributed by atoms with Crippen LogP contribution >= 0.6 is 0 Å². The summed E-state index contributed by atoms with van der Waals surface area (Å²) in [6, 6.07) is 8.27. The fourth-order valence-electron chi connectivity index (χ4n) is 3.52. The molecule has 3 atom stereocenters. The summed E-state index contributed by atoms with van der Waals surface area (Å²) < 4.78 is 0. The average molecular weight is 332 g/mol. The molecule has 2 amide bonds. The Kier molecular flexibility index (Phi) is 5.86.